The smallest absolute Gasteiger partial charge is 0.269 e. The van der Waals surface area contributed by atoms with Gasteiger partial charge in [-0.05, 0) is 37.6 Å². The Morgan fingerprint density at radius 3 is 2.61 bits per heavy atom. The van der Waals surface area contributed by atoms with Crippen molar-refractivity contribution >= 4 is 22.9 Å². The number of aromatic amines is 1. The van der Waals surface area contributed by atoms with Crippen LogP contribution in [0.4, 0.5) is 5.82 Å². The number of nitrogens with one attached hydrogen (secondary N) is 2. The van der Waals surface area contributed by atoms with Gasteiger partial charge >= 0.3 is 0 Å². The zero-order chi connectivity index (χ0) is 25.5. The summed E-state index contributed by atoms with van der Waals surface area (Å²) in [6.07, 6.45) is 5.24. The van der Waals surface area contributed by atoms with Crippen LogP contribution in [0.3, 0.4) is 0 Å². The van der Waals surface area contributed by atoms with Crippen LogP contribution in [0.1, 0.15) is 61.3 Å². The molecule has 1 aliphatic rings. The molecule has 4 rings (SSSR count). The number of nitrogens with zero attached hydrogens (tertiary/aromatic N) is 7. The molecule has 1 atom stereocenters. The van der Waals surface area contributed by atoms with E-state index in [0.29, 0.717) is 22.5 Å². The largest absolute Gasteiger partial charge is 0.340 e. The fourth-order valence-electron chi connectivity index (χ4n) is 4.51. The molecule has 1 fully saturated rings. The molecule has 0 spiro atoms. The lowest BCUT2D eigenvalue weighted by Crippen LogP contribution is -2.49. The number of unbranched alkanes of at least 4 members (excludes halogenated alkanes) is 1. The lowest BCUT2D eigenvalue weighted by molar-refractivity contribution is 0.0942. The van der Waals surface area contributed by atoms with Crippen molar-refractivity contribution in [3.8, 4) is 6.07 Å². The zero-order valence-corrected chi connectivity index (χ0v) is 21.4. The van der Waals surface area contributed by atoms with Gasteiger partial charge in [-0.1, -0.05) is 38.8 Å². The minimum Gasteiger partial charge on any atom is -0.340 e. The number of carbonyl (C=O) groups is 1. The molecule has 3 aromatic rings. The monoisotopic (exact) mass is 489 g/mol. The Morgan fingerprint density at radius 2 is 1.94 bits per heavy atom. The number of H-pyrrole nitrogens is 1. The number of rotatable bonds is 10. The first kappa shape index (κ1) is 25.5. The summed E-state index contributed by atoms with van der Waals surface area (Å²) in [5.41, 5.74) is 5.83. The molecule has 36 heavy (non-hydrogen) atoms. The highest BCUT2D eigenvalue weighted by Gasteiger charge is 2.25. The molecule has 10 heteroatoms. The van der Waals surface area contributed by atoms with Gasteiger partial charge in [0.2, 0.25) is 5.82 Å². The number of piperazine rings is 1. The van der Waals surface area contributed by atoms with Crippen LogP contribution in [-0.4, -0.2) is 74.9 Å². The number of benzene rings is 1. The molecule has 1 unspecified atom stereocenters. The average molecular weight is 490 g/mol. The van der Waals surface area contributed by atoms with Gasteiger partial charge in [-0.15, -0.1) is 0 Å². The third kappa shape index (κ3) is 5.98. The summed E-state index contributed by atoms with van der Waals surface area (Å²) in [6, 6.07) is 9.81. The summed E-state index contributed by atoms with van der Waals surface area (Å²) in [5, 5.41) is 11.3. The van der Waals surface area contributed by atoms with Gasteiger partial charge in [0.1, 0.15) is 11.6 Å². The lowest BCUT2D eigenvalue weighted by atomic mass is 10.1. The second-order valence-corrected chi connectivity index (χ2v) is 9.38. The first-order valence-corrected chi connectivity index (χ1v) is 12.7. The topological polar surface area (TPSA) is 117 Å². The summed E-state index contributed by atoms with van der Waals surface area (Å²) in [4.78, 5) is 34.1. The van der Waals surface area contributed by atoms with Crippen LogP contribution < -0.4 is 10.4 Å². The Balaban J connectivity index is 1.56. The van der Waals surface area contributed by atoms with E-state index < -0.39 is 0 Å². The number of likely N-dealkylation sites (N-methyl/N-ethyl adjacent to an activating group) is 1. The minimum absolute atomic E-state index is 0.00153. The summed E-state index contributed by atoms with van der Waals surface area (Å²) in [6.45, 7) is 9.37. The van der Waals surface area contributed by atoms with E-state index >= 15 is 0 Å². The van der Waals surface area contributed by atoms with Crippen molar-refractivity contribution in [2.24, 2.45) is 0 Å². The molecule has 2 N–H and O–H groups in total. The predicted octanol–water partition coefficient (Wildman–Crippen LogP) is 3.09. The van der Waals surface area contributed by atoms with E-state index in [1.54, 1.807) is 5.01 Å². The van der Waals surface area contributed by atoms with Crippen LogP contribution >= 0.6 is 0 Å². The van der Waals surface area contributed by atoms with Crippen molar-refractivity contribution in [3.63, 3.8) is 0 Å². The number of amides is 1. The maximum absolute atomic E-state index is 13.4. The highest BCUT2D eigenvalue weighted by atomic mass is 16.2. The van der Waals surface area contributed by atoms with Crippen LogP contribution in [0.25, 0.3) is 11.2 Å². The van der Waals surface area contributed by atoms with Gasteiger partial charge in [-0.2, -0.15) is 15.2 Å². The molecule has 0 aliphatic carbocycles. The third-order valence-corrected chi connectivity index (χ3v) is 6.76. The molecule has 3 heterocycles. The number of nitriles is 1. The van der Waals surface area contributed by atoms with E-state index in [-0.39, 0.29) is 17.8 Å². The number of carbonyl (C=O) groups excluding carboxylic acids is 1. The van der Waals surface area contributed by atoms with E-state index in [0.717, 1.165) is 58.4 Å². The van der Waals surface area contributed by atoms with E-state index in [2.05, 4.69) is 56.1 Å². The molecule has 1 aliphatic heterocycles. The Kier molecular flexibility index (Phi) is 8.46. The van der Waals surface area contributed by atoms with Crippen molar-refractivity contribution in [2.75, 3.05) is 38.2 Å². The zero-order valence-electron chi connectivity index (χ0n) is 21.4. The van der Waals surface area contributed by atoms with Crippen molar-refractivity contribution < 1.29 is 4.79 Å². The predicted molar refractivity (Wildman–Crippen MR) is 139 cm³/mol. The van der Waals surface area contributed by atoms with Crippen LogP contribution in [0.5, 0.6) is 0 Å². The molecule has 1 amide bonds. The standard InChI is InChI=1S/C26H35N9O/c1-4-6-7-21(5-2)35(25-23-24(29-18-28-23)30-22(16-27)31-25)32-26(36)20-10-8-19(9-11-20)17-34-14-12-33(3)13-15-34/h8-11,18,21H,4-7,12-15,17H2,1-3H3,(H,32,36)(H,28,29,30,31). The SMILES string of the molecule is CCCCC(CC)N(NC(=O)c1ccc(CN2CCN(C)CC2)cc1)c1nc(C#N)nc2nc[nH]c12. The van der Waals surface area contributed by atoms with Gasteiger partial charge in [0, 0.05) is 38.3 Å². The number of hydrogen-bond acceptors (Lipinski definition) is 8. The van der Waals surface area contributed by atoms with Gasteiger partial charge in [0.15, 0.2) is 11.5 Å². The molecular weight excluding hydrogens is 454 g/mol. The Labute approximate surface area is 212 Å². The molecule has 2 aromatic heterocycles. The Morgan fingerprint density at radius 1 is 1.19 bits per heavy atom. The molecule has 0 saturated carbocycles. The number of anilines is 1. The lowest BCUT2D eigenvalue weighted by Gasteiger charge is -2.33. The van der Waals surface area contributed by atoms with Gasteiger partial charge in [0.25, 0.3) is 5.91 Å². The third-order valence-electron chi connectivity index (χ3n) is 6.76. The van der Waals surface area contributed by atoms with Crippen molar-refractivity contribution in [1.29, 1.82) is 5.26 Å². The second-order valence-electron chi connectivity index (χ2n) is 9.38. The molecule has 0 radical (unpaired) electrons. The van der Waals surface area contributed by atoms with Crippen molar-refractivity contribution in [2.45, 2.75) is 52.1 Å². The van der Waals surface area contributed by atoms with Crippen LogP contribution in [0.15, 0.2) is 30.6 Å². The minimum atomic E-state index is -0.221. The molecule has 0 bridgehead atoms. The quantitative estimate of drug-likeness (QED) is 0.417. The summed E-state index contributed by atoms with van der Waals surface area (Å²) < 4.78 is 0. The summed E-state index contributed by atoms with van der Waals surface area (Å²) >= 11 is 0. The normalized spacial score (nSPS) is 15.5. The fourth-order valence-corrected chi connectivity index (χ4v) is 4.51. The van der Waals surface area contributed by atoms with Crippen LogP contribution in [0, 0.1) is 11.3 Å². The second kappa shape index (κ2) is 11.9. The number of aromatic nitrogens is 4. The Bertz CT molecular complexity index is 1190. The Hall–Kier alpha value is -3.55. The molecule has 1 aromatic carbocycles. The number of hydrogen-bond donors (Lipinski definition) is 2. The highest BCUT2D eigenvalue weighted by Crippen LogP contribution is 2.25. The van der Waals surface area contributed by atoms with E-state index in [1.807, 2.05) is 30.3 Å². The van der Waals surface area contributed by atoms with Crippen LogP contribution in [-0.2, 0) is 6.54 Å². The van der Waals surface area contributed by atoms with E-state index in [9.17, 15) is 10.1 Å². The number of hydrazine groups is 1. The van der Waals surface area contributed by atoms with Gasteiger partial charge in [-0.3, -0.25) is 20.1 Å². The summed E-state index contributed by atoms with van der Waals surface area (Å²) in [5.74, 6) is 0.250. The van der Waals surface area contributed by atoms with Crippen LogP contribution in [0.2, 0.25) is 0 Å². The van der Waals surface area contributed by atoms with E-state index in [1.165, 1.54) is 11.9 Å². The summed E-state index contributed by atoms with van der Waals surface area (Å²) in [7, 11) is 2.15. The van der Waals surface area contributed by atoms with E-state index in [4.69, 9.17) is 0 Å². The fraction of sp³-hybridized carbons (Fsp3) is 0.500. The molecule has 190 valence electrons. The first-order valence-electron chi connectivity index (χ1n) is 12.7. The number of imidazole rings is 1. The van der Waals surface area contributed by atoms with Gasteiger partial charge < -0.3 is 9.88 Å². The average Bonchev–Trinajstić information content (AvgIpc) is 3.38. The maximum atomic E-state index is 13.4. The van der Waals surface area contributed by atoms with Crippen molar-refractivity contribution in [3.05, 3.63) is 47.5 Å². The van der Waals surface area contributed by atoms with Gasteiger partial charge in [-0.25, -0.2) is 4.98 Å². The molecular formula is C26H35N9O. The molecule has 1 saturated heterocycles. The first-order chi connectivity index (χ1) is 17.5. The van der Waals surface area contributed by atoms with Crippen molar-refractivity contribution in [1.82, 2.24) is 35.2 Å². The highest BCUT2D eigenvalue weighted by molar-refractivity contribution is 5.96. The molecule has 10 nitrogen and oxygen atoms in total. The van der Waals surface area contributed by atoms with Gasteiger partial charge in [0.05, 0.1) is 12.4 Å². The number of fused-ring (bicyclic) bond motifs is 1. The maximum Gasteiger partial charge on any atom is 0.269 e.